The van der Waals surface area contributed by atoms with Gasteiger partial charge in [0.2, 0.25) is 5.82 Å². The van der Waals surface area contributed by atoms with Crippen LogP contribution >= 0.6 is 0 Å². The fourth-order valence-corrected chi connectivity index (χ4v) is 2.68. The van der Waals surface area contributed by atoms with Crippen molar-refractivity contribution in [2.75, 3.05) is 5.32 Å². The van der Waals surface area contributed by atoms with Crippen LogP contribution in [0, 0.1) is 17.0 Å². The molecular weight excluding hydrogens is 308 g/mol. The molecule has 24 heavy (non-hydrogen) atoms. The highest BCUT2D eigenvalue weighted by Gasteiger charge is 2.23. The van der Waals surface area contributed by atoms with E-state index in [0.29, 0.717) is 18.1 Å². The molecule has 1 aromatic carbocycles. The van der Waals surface area contributed by atoms with Crippen LogP contribution in [-0.4, -0.2) is 24.5 Å². The van der Waals surface area contributed by atoms with Gasteiger partial charge in [0.15, 0.2) is 0 Å². The molecular formula is C16H18N6O2. The van der Waals surface area contributed by atoms with E-state index in [1.54, 1.807) is 18.7 Å². The van der Waals surface area contributed by atoms with E-state index in [2.05, 4.69) is 15.5 Å². The minimum Gasteiger partial charge on any atom is -0.360 e. The molecule has 0 bridgehead atoms. The standard InChI is InChI=1S/C16H18N6O2/c1-11-15(22(23)24)16(21(3)19-11)17-8-12-5-4-6-13(7-12)14-9-18-20(2)10-14/h4-7,9-10,17H,8H2,1-3H3. The summed E-state index contributed by atoms with van der Waals surface area (Å²) in [5.41, 5.74) is 3.51. The van der Waals surface area contributed by atoms with Gasteiger partial charge in [-0.25, -0.2) is 4.68 Å². The maximum Gasteiger partial charge on any atom is 0.333 e. The monoisotopic (exact) mass is 326 g/mol. The van der Waals surface area contributed by atoms with Gasteiger partial charge >= 0.3 is 5.69 Å². The largest absolute Gasteiger partial charge is 0.360 e. The number of hydrogen-bond donors (Lipinski definition) is 1. The molecule has 2 aromatic heterocycles. The molecule has 8 nitrogen and oxygen atoms in total. The number of hydrogen-bond acceptors (Lipinski definition) is 5. The normalized spacial score (nSPS) is 10.8. The Kier molecular flexibility index (Phi) is 4.03. The third-order valence-corrected chi connectivity index (χ3v) is 3.80. The molecule has 0 spiro atoms. The second kappa shape index (κ2) is 6.15. The van der Waals surface area contributed by atoms with E-state index >= 15 is 0 Å². The second-order valence-corrected chi connectivity index (χ2v) is 5.62. The van der Waals surface area contributed by atoms with Crippen LogP contribution in [0.3, 0.4) is 0 Å². The van der Waals surface area contributed by atoms with Crippen molar-refractivity contribution in [1.82, 2.24) is 19.6 Å². The van der Waals surface area contributed by atoms with Crippen molar-refractivity contribution >= 4 is 11.5 Å². The Bertz CT molecular complexity index is 896. The van der Waals surface area contributed by atoms with Crippen LogP contribution in [-0.2, 0) is 20.6 Å². The zero-order valence-electron chi connectivity index (χ0n) is 13.7. The second-order valence-electron chi connectivity index (χ2n) is 5.62. The minimum atomic E-state index is -0.406. The lowest BCUT2D eigenvalue weighted by Crippen LogP contribution is -2.06. The van der Waals surface area contributed by atoms with Crippen molar-refractivity contribution in [2.24, 2.45) is 14.1 Å². The first-order valence-electron chi connectivity index (χ1n) is 7.45. The van der Waals surface area contributed by atoms with Crippen molar-refractivity contribution < 1.29 is 4.92 Å². The molecule has 8 heteroatoms. The fraction of sp³-hybridized carbons (Fsp3) is 0.250. The SMILES string of the molecule is Cc1nn(C)c(NCc2cccc(-c3cnn(C)c3)c2)c1[N+](=O)[O-]. The Hall–Kier alpha value is -3.16. The van der Waals surface area contributed by atoms with E-state index < -0.39 is 4.92 Å². The van der Waals surface area contributed by atoms with Crippen LogP contribution in [0.5, 0.6) is 0 Å². The van der Waals surface area contributed by atoms with Gasteiger partial charge in [-0.3, -0.25) is 14.8 Å². The Morgan fingerprint density at radius 3 is 2.75 bits per heavy atom. The van der Waals surface area contributed by atoms with Crippen LogP contribution in [0.4, 0.5) is 11.5 Å². The lowest BCUT2D eigenvalue weighted by molar-refractivity contribution is -0.384. The third-order valence-electron chi connectivity index (χ3n) is 3.80. The minimum absolute atomic E-state index is 0.0147. The summed E-state index contributed by atoms with van der Waals surface area (Å²) >= 11 is 0. The highest BCUT2D eigenvalue weighted by atomic mass is 16.6. The molecule has 0 aliphatic rings. The van der Waals surface area contributed by atoms with Gasteiger partial charge in [0.1, 0.15) is 5.69 Å². The topological polar surface area (TPSA) is 90.8 Å². The number of nitro groups is 1. The van der Waals surface area contributed by atoms with Gasteiger partial charge in [0.25, 0.3) is 0 Å². The Morgan fingerprint density at radius 1 is 1.29 bits per heavy atom. The average molecular weight is 326 g/mol. The molecule has 0 unspecified atom stereocenters. The van der Waals surface area contributed by atoms with Crippen LogP contribution in [0.25, 0.3) is 11.1 Å². The predicted molar refractivity (Wildman–Crippen MR) is 90.6 cm³/mol. The Labute approximate surface area is 138 Å². The predicted octanol–water partition coefficient (Wildman–Crippen LogP) is 2.65. The maximum atomic E-state index is 11.2. The summed E-state index contributed by atoms with van der Waals surface area (Å²) in [6.07, 6.45) is 3.75. The molecule has 2 heterocycles. The van der Waals surface area contributed by atoms with Crippen molar-refractivity contribution in [2.45, 2.75) is 13.5 Å². The zero-order chi connectivity index (χ0) is 17.3. The number of nitrogens with one attached hydrogen (secondary N) is 1. The molecule has 124 valence electrons. The van der Waals surface area contributed by atoms with Crippen LogP contribution in [0.1, 0.15) is 11.3 Å². The van der Waals surface area contributed by atoms with Gasteiger partial charge in [0, 0.05) is 32.4 Å². The van der Waals surface area contributed by atoms with Gasteiger partial charge in [-0.2, -0.15) is 10.2 Å². The molecule has 0 saturated heterocycles. The van der Waals surface area contributed by atoms with Crippen LogP contribution < -0.4 is 5.32 Å². The number of aryl methyl sites for hydroxylation is 3. The number of benzene rings is 1. The third kappa shape index (κ3) is 2.98. The van der Waals surface area contributed by atoms with Crippen molar-refractivity contribution in [1.29, 1.82) is 0 Å². The first-order valence-corrected chi connectivity index (χ1v) is 7.45. The smallest absolute Gasteiger partial charge is 0.333 e. The summed E-state index contributed by atoms with van der Waals surface area (Å²) in [5, 5.41) is 22.6. The molecule has 0 atom stereocenters. The maximum absolute atomic E-state index is 11.2. The van der Waals surface area contributed by atoms with E-state index in [1.807, 2.05) is 43.7 Å². The molecule has 0 amide bonds. The van der Waals surface area contributed by atoms with Gasteiger partial charge in [-0.05, 0) is 24.1 Å². The molecule has 0 aliphatic carbocycles. The quantitative estimate of drug-likeness (QED) is 0.575. The first-order chi connectivity index (χ1) is 11.5. The summed E-state index contributed by atoms with van der Waals surface area (Å²) in [5.74, 6) is 0.407. The lowest BCUT2D eigenvalue weighted by atomic mass is 10.1. The van der Waals surface area contributed by atoms with E-state index in [9.17, 15) is 10.1 Å². The zero-order valence-corrected chi connectivity index (χ0v) is 13.7. The van der Waals surface area contributed by atoms with Crippen molar-refractivity contribution in [3.8, 4) is 11.1 Å². The van der Waals surface area contributed by atoms with E-state index in [4.69, 9.17) is 0 Å². The van der Waals surface area contributed by atoms with E-state index in [1.165, 1.54) is 4.68 Å². The Balaban J connectivity index is 1.82. The van der Waals surface area contributed by atoms with Gasteiger partial charge in [-0.1, -0.05) is 18.2 Å². The average Bonchev–Trinajstić information content (AvgIpc) is 3.08. The molecule has 1 N–H and O–H groups in total. The number of nitrogens with zero attached hydrogens (tertiary/aromatic N) is 5. The molecule has 0 saturated carbocycles. The number of rotatable bonds is 5. The number of aromatic nitrogens is 4. The highest BCUT2D eigenvalue weighted by Crippen LogP contribution is 2.28. The first kappa shape index (κ1) is 15.7. The highest BCUT2D eigenvalue weighted by molar-refractivity contribution is 5.63. The summed E-state index contributed by atoms with van der Waals surface area (Å²) < 4.78 is 3.25. The van der Waals surface area contributed by atoms with Crippen LogP contribution in [0.15, 0.2) is 36.7 Å². The lowest BCUT2D eigenvalue weighted by Gasteiger charge is -2.07. The molecule has 0 fully saturated rings. The fourth-order valence-electron chi connectivity index (χ4n) is 2.68. The molecule has 0 aliphatic heterocycles. The van der Waals surface area contributed by atoms with Gasteiger partial charge < -0.3 is 5.32 Å². The summed E-state index contributed by atoms with van der Waals surface area (Å²) in [6.45, 7) is 2.10. The molecule has 3 rings (SSSR count). The number of anilines is 1. The molecule has 0 radical (unpaired) electrons. The van der Waals surface area contributed by atoms with Crippen molar-refractivity contribution in [3.05, 3.63) is 58.0 Å². The summed E-state index contributed by atoms with van der Waals surface area (Å²) in [4.78, 5) is 10.8. The van der Waals surface area contributed by atoms with Crippen LogP contribution in [0.2, 0.25) is 0 Å². The van der Waals surface area contributed by atoms with Gasteiger partial charge in [-0.15, -0.1) is 0 Å². The molecule has 3 aromatic rings. The van der Waals surface area contributed by atoms with E-state index in [-0.39, 0.29) is 5.69 Å². The summed E-state index contributed by atoms with van der Waals surface area (Å²) in [7, 11) is 3.56. The van der Waals surface area contributed by atoms with Gasteiger partial charge in [0.05, 0.1) is 11.1 Å². The van der Waals surface area contributed by atoms with Crippen molar-refractivity contribution in [3.63, 3.8) is 0 Å². The Morgan fingerprint density at radius 2 is 2.08 bits per heavy atom. The summed E-state index contributed by atoms with van der Waals surface area (Å²) in [6, 6.07) is 7.99. The van der Waals surface area contributed by atoms with E-state index in [0.717, 1.165) is 16.7 Å².